The van der Waals surface area contributed by atoms with Crippen LogP contribution in [0.4, 0.5) is 13.6 Å². The van der Waals surface area contributed by atoms with Crippen LogP contribution >= 0.6 is 0 Å². The van der Waals surface area contributed by atoms with Gasteiger partial charge in [0.15, 0.2) is 0 Å². The van der Waals surface area contributed by atoms with E-state index in [0.29, 0.717) is 11.4 Å². The second-order valence-corrected chi connectivity index (χ2v) is 7.78. The fraction of sp³-hybridized carbons (Fsp3) is 0.611. The summed E-state index contributed by atoms with van der Waals surface area (Å²) in [7, 11) is 0. The largest absolute Gasteiger partial charge is 0.444 e. The topological polar surface area (TPSA) is 32.8 Å². The van der Waals surface area contributed by atoms with Gasteiger partial charge in [-0.25, -0.2) is 18.5 Å². The minimum absolute atomic E-state index is 0.00592. The van der Waals surface area contributed by atoms with Crippen LogP contribution in [-0.2, 0) is 11.3 Å². The fourth-order valence-corrected chi connectivity index (χ4v) is 3.59. The van der Waals surface area contributed by atoms with E-state index in [1.165, 1.54) is 0 Å². The van der Waals surface area contributed by atoms with Crippen molar-refractivity contribution in [1.29, 1.82) is 0 Å². The number of benzene rings is 1. The molecule has 2 fully saturated rings. The minimum atomic E-state index is -2.02. The van der Waals surface area contributed by atoms with Crippen LogP contribution in [0.3, 0.4) is 0 Å². The Morgan fingerprint density at radius 1 is 1.12 bits per heavy atom. The molecule has 0 radical (unpaired) electrons. The molecule has 2 aliphatic rings. The smallest absolute Gasteiger partial charge is 0.415 e. The first kappa shape index (κ1) is 17.1. The first-order valence-electron chi connectivity index (χ1n) is 8.29. The third-order valence-electron chi connectivity index (χ3n) is 4.45. The number of carbonyl (C=O) groups excluding carboxylic acids is 1. The number of halogens is 2. The highest BCUT2D eigenvalue weighted by Crippen LogP contribution is 2.48. The van der Waals surface area contributed by atoms with Gasteiger partial charge in [-0.05, 0) is 26.3 Å². The number of alkyl halides is 2. The Balaban J connectivity index is 1.78. The van der Waals surface area contributed by atoms with Gasteiger partial charge in [0.2, 0.25) is 11.6 Å². The molecule has 132 valence electrons. The van der Waals surface area contributed by atoms with Gasteiger partial charge in [0.1, 0.15) is 5.60 Å². The quantitative estimate of drug-likeness (QED) is 0.768. The van der Waals surface area contributed by atoms with Crippen LogP contribution in [0.2, 0.25) is 0 Å². The lowest BCUT2D eigenvalue weighted by Crippen LogP contribution is -2.66. The van der Waals surface area contributed by atoms with Crippen LogP contribution in [0.5, 0.6) is 0 Å². The Hall–Kier alpha value is -1.69. The van der Waals surface area contributed by atoms with Crippen molar-refractivity contribution < 1.29 is 18.3 Å². The number of piperazine rings is 1. The van der Waals surface area contributed by atoms with Gasteiger partial charge in [0, 0.05) is 19.4 Å². The van der Waals surface area contributed by atoms with Gasteiger partial charge in [0.05, 0.1) is 13.1 Å². The molecule has 0 spiro atoms. The monoisotopic (exact) mass is 338 g/mol. The number of ether oxygens (including phenoxy) is 1. The molecule has 0 saturated carbocycles. The number of carbonyl (C=O) groups is 1. The Bertz CT molecular complexity index is 599. The van der Waals surface area contributed by atoms with E-state index in [0.717, 1.165) is 5.56 Å². The minimum Gasteiger partial charge on any atom is -0.444 e. The highest BCUT2D eigenvalue weighted by Gasteiger charge is 2.64. The molecule has 2 saturated heterocycles. The second kappa shape index (κ2) is 5.69. The second-order valence-electron chi connectivity index (χ2n) is 7.78. The predicted octanol–water partition coefficient (Wildman–Crippen LogP) is 3.86. The van der Waals surface area contributed by atoms with Gasteiger partial charge >= 0.3 is 6.09 Å². The summed E-state index contributed by atoms with van der Waals surface area (Å²) in [6.07, 6.45) is -0.924. The van der Waals surface area contributed by atoms with Crippen molar-refractivity contribution >= 4 is 6.09 Å². The van der Waals surface area contributed by atoms with Crippen LogP contribution in [0.15, 0.2) is 30.3 Å². The number of rotatable bonds is 2. The Kier molecular flexibility index (Phi) is 4.06. The summed E-state index contributed by atoms with van der Waals surface area (Å²) < 4.78 is 36.0. The summed E-state index contributed by atoms with van der Waals surface area (Å²) >= 11 is 0. The average Bonchev–Trinajstić information content (AvgIpc) is 2.61. The van der Waals surface area contributed by atoms with Gasteiger partial charge in [0.25, 0.3) is 0 Å². The number of nitrogens with zero attached hydrogens (tertiary/aromatic N) is 2. The number of hydrogen-bond acceptors (Lipinski definition) is 3. The zero-order chi connectivity index (χ0) is 17.6. The summed E-state index contributed by atoms with van der Waals surface area (Å²) in [4.78, 5) is 14.8. The summed E-state index contributed by atoms with van der Waals surface area (Å²) in [5, 5.41) is 0. The molecular weight excluding hydrogens is 314 g/mol. The van der Waals surface area contributed by atoms with E-state index >= 15 is 8.78 Å². The van der Waals surface area contributed by atoms with Gasteiger partial charge < -0.3 is 4.74 Å². The first-order valence-corrected chi connectivity index (χ1v) is 8.29. The van der Waals surface area contributed by atoms with Gasteiger partial charge in [-0.2, -0.15) is 0 Å². The molecular formula is C18H24F2N2O2. The number of likely N-dealkylation sites (tertiary alicyclic amines) is 1. The highest BCUT2D eigenvalue weighted by atomic mass is 19.2. The van der Waals surface area contributed by atoms with E-state index in [4.69, 9.17) is 4.74 Å². The molecule has 0 aliphatic carbocycles. The zero-order valence-electron chi connectivity index (χ0n) is 14.4. The van der Waals surface area contributed by atoms with Gasteiger partial charge in [-0.15, -0.1) is 0 Å². The van der Waals surface area contributed by atoms with Crippen molar-refractivity contribution in [2.45, 2.75) is 57.3 Å². The molecule has 2 unspecified atom stereocenters. The molecule has 1 amide bonds. The number of hydrogen-bond donors (Lipinski definition) is 0. The van der Waals surface area contributed by atoms with Gasteiger partial charge in [-0.3, -0.25) is 4.90 Å². The van der Waals surface area contributed by atoms with Gasteiger partial charge in [-0.1, -0.05) is 30.3 Å². The average molecular weight is 338 g/mol. The Morgan fingerprint density at radius 3 is 2.17 bits per heavy atom. The number of fused-ring (bicyclic) bond motifs is 2. The molecule has 1 aromatic carbocycles. The molecule has 2 atom stereocenters. The zero-order valence-corrected chi connectivity index (χ0v) is 14.4. The maximum absolute atomic E-state index is 15.4. The third-order valence-corrected chi connectivity index (χ3v) is 4.45. The Morgan fingerprint density at radius 2 is 1.67 bits per heavy atom. The summed E-state index contributed by atoms with van der Waals surface area (Å²) in [5.74, 6) is -4.05. The Labute approximate surface area is 141 Å². The van der Waals surface area contributed by atoms with E-state index in [2.05, 4.69) is 0 Å². The molecule has 2 heterocycles. The van der Waals surface area contributed by atoms with Crippen LogP contribution in [0, 0.1) is 0 Å². The SMILES string of the molecule is CC(C)(C)OC(=O)N1C2(F)CCC1(F)CN(Cc1ccccc1)C2. The lowest BCUT2D eigenvalue weighted by molar-refractivity contribution is -0.158. The molecule has 0 aromatic heterocycles. The van der Waals surface area contributed by atoms with Crippen molar-refractivity contribution in [3.8, 4) is 0 Å². The molecule has 0 N–H and O–H groups in total. The van der Waals surface area contributed by atoms with Crippen molar-refractivity contribution in [3.05, 3.63) is 35.9 Å². The maximum atomic E-state index is 15.4. The predicted molar refractivity (Wildman–Crippen MR) is 86.7 cm³/mol. The van der Waals surface area contributed by atoms with Crippen molar-refractivity contribution in [1.82, 2.24) is 9.80 Å². The summed E-state index contributed by atoms with van der Waals surface area (Å²) in [6.45, 7) is 5.51. The van der Waals surface area contributed by atoms with Crippen molar-refractivity contribution in [3.63, 3.8) is 0 Å². The molecule has 2 bridgehead atoms. The molecule has 6 heteroatoms. The van der Waals surface area contributed by atoms with E-state index in [1.807, 2.05) is 30.3 Å². The van der Waals surface area contributed by atoms with Crippen LogP contribution < -0.4 is 0 Å². The number of amides is 1. The van der Waals surface area contributed by atoms with E-state index in [9.17, 15) is 4.79 Å². The summed E-state index contributed by atoms with van der Waals surface area (Å²) in [6, 6.07) is 9.56. The molecule has 4 nitrogen and oxygen atoms in total. The molecule has 3 rings (SSSR count). The van der Waals surface area contributed by atoms with Crippen LogP contribution in [-0.4, -0.2) is 46.2 Å². The standard InChI is InChI=1S/C18H24F2N2O2/c1-16(2,3)24-15(23)22-17(19)9-10-18(22,20)13-21(12-17)11-14-7-5-4-6-8-14/h4-8H,9-13H2,1-3H3. The maximum Gasteiger partial charge on any atom is 0.415 e. The molecule has 2 aliphatic heterocycles. The highest BCUT2D eigenvalue weighted by molar-refractivity contribution is 5.70. The third kappa shape index (κ3) is 3.24. The lowest BCUT2D eigenvalue weighted by Gasteiger charge is -2.47. The van der Waals surface area contributed by atoms with E-state index in [-0.39, 0.29) is 25.9 Å². The van der Waals surface area contributed by atoms with E-state index < -0.39 is 23.3 Å². The van der Waals surface area contributed by atoms with E-state index in [1.54, 1.807) is 25.7 Å². The molecule has 1 aromatic rings. The van der Waals surface area contributed by atoms with Crippen LogP contribution in [0.25, 0.3) is 0 Å². The van der Waals surface area contributed by atoms with Crippen molar-refractivity contribution in [2.75, 3.05) is 13.1 Å². The molecule has 24 heavy (non-hydrogen) atoms. The lowest BCUT2D eigenvalue weighted by atomic mass is 10.1. The first-order chi connectivity index (χ1) is 11.1. The summed E-state index contributed by atoms with van der Waals surface area (Å²) in [5.41, 5.74) is 0.208. The normalized spacial score (nSPS) is 30.5. The van der Waals surface area contributed by atoms with Crippen LogP contribution in [0.1, 0.15) is 39.2 Å². The van der Waals surface area contributed by atoms with Crippen molar-refractivity contribution in [2.24, 2.45) is 0 Å². The fourth-order valence-electron chi connectivity index (χ4n) is 3.59.